The SMILES string of the molecule is O=C(COc1cccc2c1CCCC2)NCCc1ccccc1F. The molecule has 0 heterocycles. The van der Waals surface area contributed by atoms with Crippen LogP contribution in [0, 0.1) is 5.82 Å². The molecule has 0 atom stereocenters. The monoisotopic (exact) mass is 327 g/mol. The molecule has 0 unspecified atom stereocenters. The van der Waals surface area contributed by atoms with Gasteiger partial charge in [0.25, 0.3) is 5.91 Å². The van der Waals surface area contributed by atoms with E-state index < -0.39 is 0 Å². The highest BCUT2D eigenvalue weighted by Gasteiger charge is 2.14. The number of carbonyl (C=O) groups is 1. The Kier molecular flexibility index (Phi) is 5.47. The van der Waals surface area contributed by atoms with Gasteiger partial charge in [-0.05, 0) is 60.9 Å². The number of benzene rings is 2. The lowest BCUT2D eigenvalue weighted by Gasteiger charge is -2.19. The van der Waals surface area contributed by atoms with Crippen molar-refractivity contribution in [1.82, 2.24) is 5.32 Å². The number of hydrogen-bond acceptors (Lipinski definition) is 2. The topological polar surface area (TPSA) is 38.3 Å². The quantitative estimate of drug-likeness (QED) is 0.882. The summed E-state index contributed by atoms with van der Waals surface area (Å²) >= 11 is 0. The number of nitrogens with one attached hydrogen (secondary N) is 1. The van der Waals surface area contributed by atoms with Crippen LogP contribution in [-0.4, -0.2) is 19.1 Å². The maximum absolute atomic E-state index is 13.5. The summed E-state index contributed by atoms with van der Waals surface area (Å²) in [6.45, 7) is 0.393. The molecule has 1 N–H and O–H groups in total. The fraction of sp³-hybridized carbons (Fsp3) is 0.350. The van der Waals surface area contributed by atoms with Crippen molar-refractivity contribution in [3.05, 3.63) is 65.0 Å². The molecular weight excluding hydrogens is 305 g/mol. The lowest BCUT2D eigenvalue weighted by molar-refractivity contribution is -0.123. The van der Waals surface area contributed by atoms with E-state index in [0.717, 1.165) is 18.6 Å². The van der Waals surface area contributed by atoms with E-state index in [2.05, 4.69) is 11.4 Å². The molecule has 2 aromatic carbocycles. The number of ether oxygens (including phenoxy) is 1. The Balaban J connectivity index is 1.47. The van der Waals surface area contributed by atoms with Crippen LogP contribution in [0.2, 0.25) is 0 Å². The number of hydrogen-bond donors (Lipinski definition) is 1. The highest BCUT2D eigenvalue weighted by molar-refractivity contribution is 5.77. The van der Waals surface area contributed by atoms with E-state index in [9.17, 15) is 9.18 Å². The van der Waals surface area contributed by atoms with Crippen molar-refractivity contribution in [3.8, 4) is 5.75 Å². The van der Waals surface area contributed by atoms with Gasteiger partial charge in [0.05, 0.1) is 0 Å². The summed E-state index contributed by atoms with van der Waals surface area (Å²) in [6.07, 6.45) is 4.95. The van der Waals surface area contributed by atoms with Crippen molar-refractivity contribution in [2.45, 2.75) is 32.1 Å². The zero-order valence-electron chi connectivity index (χ0n) is 13.7. The van der Waals surface area contributed by atoms with Crippen molar-refractivity contribution < 1.29 is 13.9 Å². The van der Waals surface area contributed by atoms with Gasteiger partial charge in [0.15, 0.2) is 6.61 Å². The van der Waals surface area contributed by atoms with Gasteiger partial charge in [-0.3, -0.25) is 4.79 Å². The van der Waals surface area contributed by atoms with Gasteiger partial charge in [-0.1, -0.05) is 30.3 Å². The van der Waals surface area contributed by atoms with Gasteiger partial charge in [0, 0.05) is 6.54 Å². The fourth-order valence-corrected chi connectivity index (χ4v) is 3.11. The first-order chi connectivity index (χ1) is 11.7. The smallest absolute Gasteiger partial charge is 0.257 e. The molecule has 24 heavy (non-hydrogen) atoms. The molecule has 3 rings (SSSR count). The molecular formula is C20H22FNO2. The minimum atomic E-state index is -0.237. The summed E-state index contributed by atoms with van der Waals surface area (Å²) in [5.41, 5.74) is 3.18. The number of rotatable bonds is 6. The molecule has 1 aliphatic rings. The standard InChI is InChI=1S/C20H22FNO2/c21-18-10-4-2-7-16(18)12-13-22-20(23)14-24-19-11-5-8-15-6-1-3-9-17(15)19/h2,4-5,7-8,10-11H,1,3,6,9,12-14H2,(H,22,23). The Morgan fingerprint density at radius 3 is 2.79 bits per heavy atom. The van der Waals surface area contributed by atoms with Gasteiger partial charge in [-0.15, -0.1) is 0 Å². The Labute approximate surface area is 141 Å². The van der Waals surface area contributed by atoms with E-state index in [1.807, 2.05) is 12.1 Å². The summed E-state index contributed by atoms with van der Waals surface area (Å²) in [6, 6.07) is 12.7. The second kappa shape index (κ2) is 7.95. The van der Waals surface area contributed by atoms with Crippen LogP contribution < -0.4 is 10.1 Å². The fourth-order valence-electron chi connectivity index (χ4n) is 3.11. The second-order valence-electron chi connectivity index (χ2n) is 6.08. The Morgan fingerprint density at radius 2 is 1.92 bits per heavy atom. The third-order valence-electron chi connectivity index (χ3n) is 4.39. The summed E-state index contributed by atoms with van der Waals surface area (Å²) < 4.78 is 19.2. The van der Waals surface area contributed by atoms with Gasteiger partial charge in [0.2, 0.25) is 0 Å². The predicted octanol–water partition coefficient (Wildman–Crippen LogP) is 3.44. The summed E-state index contributed by atoms with van der Waals surface area (Å²) in [4.78, 5) is 11.9. The van der Waals surface area contributed by atoms with E-state index in [1.165, 1.54) is 30.0 Å². The van der Waals surface area contributed by atoms with Crippen LogP contribution in [0.25, 0.3) is 0 Å². The number of aryl methyl sites for hydroxylation is 1. The Hall–Kier alpha value is -2.36. The van der Waals surface area contributed by atoms with Crippen LogP contribution in [0.1, 0.15) is 29.5 Å². The second-order valence-corrected chi connectivity index (χ2v) is 6.08. The normalized spacial score (nSPS) is 13.2. The van der Waals surface area contributed by atoms with Crippen molar-refractivity contribution in [1.29, 1.82) is 0 Å². The zero-order valence-corrected chi connectivity index (χ0v) is 13.7. The molecule has 2 aromatic rings. The molecule has 0 aromatic heterocycles. The molecule has 0 saturated carbocycles. The maximum atomic E-state index is 13.5. The van der Waals surface area contributed by atoms with Crippen molar-refractivity contribution >= 4 is 5.91 Å². The molecule has 1 aliphatic carbocycles. The lowest BCUT2D eigenvalue weighted by atomic mass is 9.91. The van der Waals surface area contributed by atoms with Gasteiger partial charge in [-0.2, -0.15) is 0 Å². The number of carbonyl (C=O) groups excluding carboxylic acids is 1. The van der Waals surface area contributed by atoms with Crippen LogP contribution in [0.15, 0.2) is 42.5 Å². The molecule has 0 saturated heterocycles. The van der Waals surface area contributed by atoms with E-state index in [0.29, 0.717) is 18.5 Å². The van der Waals surface area contributed by atoms with Gasteiger partial charge in [-0.25, -0.2) is 4.39 Å². The third-order valence-corrected chi connectivity index (χ3v) is 4.39. The minimum absolute atomic E-state index is 0.00623. The highest BCUT2D eigenvalue weighted by Crippen LogP contribution is 2.29. The summed E-state index contributed by atoms with van der Waals surface area (Å²) in [7, 11) is 0. The van der Waals surface area contributed by atoms with Crippen LogP contribution in [0.5, 0.6) is 5.75 Å². The van der Waals surface area contributed by atoms with Crippen molar-refractivity contribution in [2.75, 3.05) is 13.2 Å². The average Bonchev–Trinajstić information content (AvgIpc) is 2.61. The summed E-state index contributed by atoms with van der Waals surface area (Å²) in [5, 5.41) is 2.78. The molecule has 0 bridgehead atoms. The lowest BCUT2D eigenvalue weighted by Crippen LogP contribution is -2.31. The molecule has 0 fully saturated rings. The first-order valence-corrected chi connectivity index (χ1v) is 8.48. The van der Waals surface area contributed by atoms with E-state index >= 15 is 0 Å². The molecule has 0 aliphatic heterocycles. The molecule has 0 spiro atoms. The first kappa shape index (κ1) is 16.5. The number of fused-ring (bicyclic) bond motifs is 1. The first-order valence-electron chi connectivity index (χ1n) is 8.48. The van der Waals surface area contributed by atoms with Crippen LogP contribution in [0.3, 0.4) is 0 Å². The molecule has 1 amide bonds. The number of halogens is 1. The number of amides is 1. The van der Waals surface area contributed by atoms with Crippen molar-refractivity contribution in [3.63, 3.8) is 0 Å². The molecule has 4 heteroatoms. The van der Waals surface area contributed by atoms with Crippen molar-refractivity contribution in [2.24, 2.45) is 0 Å². The molecule has 0 radical (unpaired) electrons. The highest BCUT2D eigenvalue weighted by atomic mass is 19.1. The van der Waals surface area contributed by atoms with Crippen LogP contribution >= 0.6 is 0 Å². The Bertz CT molecular complexity index is 715. The average molecular weight is 327 g/mol. The Morgan fingerprint density at radius 1 is 1.08 bits per heavy atom. The maximum Gasteiger partial charge on any atom is 0.257 e. The van der Waals surface area contributed by atoms with Crippen LogP contribution in [0.4, 0.5) is 4.39 Å². The third kappa shape index (κ3) is 4.13. The zero-order chi connectivity index (χ0) is 16.8. The van der Waals surface area contributed by atoms with Gasteiger partial charge < -0.3 is 10.1 Å². The van der Waals surface area contributed by atoms with E-state index in [-0.39, 0.29) is 18.3 Å². The van der Waals surface area contributed by atoms with Gasteiger partial charge >= 0.3 is 0 Å². The predicted molar refractivity (Wildman–Crippen MR) is 91.7 cm³/mol. The van der Waals surface area contributed by atoms with E-state index in [1.54, 1.807) is 18.2 Å². The van der Waals surface area contributed by atoms with Crippen LogP contribution in [-0.2, 0) is 24.1 Å². The molecule has 126 valence electrons. The molecule has 3 nitrogen and oxygen atoms in total. The largest absolute Gasteiger partial charge is 0.483 e. The summed E-state index contributed by atoms with van der Waals surface area (Å²) in [5.74, 6) is 0.398. The minimum Gasteiger partial charge on any atom is -0.483 e. The van der Waals surface area contributed by atoms with Gasteiger partial charge in [0.1, 0.15) is 11.6 Å². The van der Waals surface area contributed by atoms with E-state index in [4.69, 9.17) is 4.74 Å².